The van der Waals surface area contributed by atoms with Crippen LogP contribution in [0.1, 0.15) is 36.0 Å². The molecule has 5 rings (SSSR count). The molecule has 1 saturated heterocycles. The highest BCUT2D eigenvalue weighted by Gasteiger charge is 2.57. The minimum absolute atomic E-state index is 0.00793. The van der Waals surface area contributed by atoms with E-state index in [1.165, 1.54) is 0 Å². The number of likely N-dealkylation sites (tertiary alicyclic amines) is 1. The third kappa shape index (κ3) is 3.63. The summed E-state index contributed by atoms with van der Waals surface area (Å²) < 4.78 is 6.58. The molecule has 0 saturated carbocycles. The minimum atomic E-state index is -1.38. The molecule has 6 heteroatoms. The monoisotopic (exact) mass is 444 g/mol. The molecule has 1 aliphatic carbocycles. The van der Waals surface area contributed by atoms with Gasteiger partial charge in [0.05, 0.1) is 20.1 Å². The molecule has 0 amide bonds. The van der Waals surface area contributed by atoms with Crippen LogP contribution in [0.15, 0.2) is 67.3 Å². The Hall–Kier alpha value is -3.09. The number of aryl methyl sites for hydroxylation is 1. The Bertz CT molecular complexity index is 1090. The van der Waals surface area contributed by atoms with Crippen LogP contribution in [0.25, 0.3) is 11.1 Å². The molecule has 0 bridgehead atoms. The fourth-order valence-corrected chi connectivity index (χ4v) is 6.08. The maximum atomic E-state index is 12.4. The molecule has 2 aromatic carbocycles. The summed E-state index contributed by atoms with van der Waals surface area (Å²) >= 11 is 0. The van der Waals surface area contributed by atoms with Crippen LogP contribution in [0.3, 0.4) is 0 Å². The molecule has 1 N–H and O–H groups in total. The summed E-state index contributed by atoms with van der Waals surface area (Å²) in [5.41, 5.74) is 3.39. The van der Waals surface area contributed by atoms with Crippen LogP contribution in [-0.4, -0.2) is 58.3 Å². The lowest BCUT2D eigenvalue weighted by Gasteiger charge is -2.44. The van der Waals surface area contributed by atoms with E-state index < -0.39 is 11.7 Å². The Morgan fingerprint density at radius 3 is 2.39 bits per heavy atom. The maximum Gasteiger partial charge on any atom is 0.293 e. The molecule has 170 valence electrons. The van der Waals surface area contributed by atoms with Crippen molar-refractivity contribution in [1.29, 1.82) is 0 Å². The van der Waals surface area contributed by atoms with Crippen molar-refractivity contribution in [2.75, 3.05) is 20.1 Å². The van der Waals surface area contributed by atoms with Crippen LogP contribution in [0.5, 0.6) is 0 Å². The number of carbonyl (C=O) groups is 1. The highest BCUT2D eigenvalue weighted by atomic mass is 16.5. The molecule has 6 nitrogen and oxygen atoms in total. The molecule has 2 heterocycles. The Morgan fingerprint density at radius 2 is 1.76 bits per heavy atom. The van der Waals surface area contributed by atoms with Gasteiger partial charge < -0.3 is 14.3 Å². The van der Waals surface area contributed by atoms with E-state index in [1.54, 1.807) is 6.33 Å². The zero-order chi connectivity index (χ0) is 22.9. The lowest BCUT2D eigenvalue weighted by molar-refractivity contribution is -0.925. The first-order chi connectivity index (χ1) is 16.1. The highest BCUT2D eigenvalue weighted by Crippen LogP contribution is 2.52. The SMILES string of the molecule is C[N+]1(CCCc2cncnc2)CCCC1C(OC=O)C1(O)c2ccccc2-c2ccccc21. The van der Waals surface area contributed by atoms with E-state index >= 15 is 0 Å². The predicted molar refractivity (Wildman–Crippen MR) is 125 cm³/mol. The molecule has 2 aliphatic rings. The van der Waals surface area contributed by atoms with Gasteiger partial charge in [0.1, 0.15) is 12.4 Å². The van der Waals surface area contributed by atoms with Crippen molar-refractivity contribution < 1.29 is 19.1 Å². The maximum absolute atomic E-state index is 12.4. The predicted octanol–water partition coefficient (Wildman–Crippen LogP) is 3.48. The molecule has 33 heavy (non-hydrogen) atoms. The van der Waals surface area contributed by atoms with Crippen molar-refractivity contribution in [3.05, 3.63) is 83.9 Å². The van der Waals surface area contributed by atoms with Crippen LogP contribution < -0.4 is 0 Å². The summed E-state index contributed by atoms with van der Waals surface area (Å²) in [5.74, 6) is 0. The average molecular weight is 445 g/mol. The van der Waals surface area contributed by atoms with E-state index in [1.807, 2.05) is 60.9 Å². The zero-order valence-electron chi connectivity index (χ0n) is 18.9. The lowest BCUT2D eigenvalue weighted by Crippen LogP contribution is -2.60. The molecule has 3 unspecified atom stereocenters. The van der Waals surface area contributed by atoms with Gasteiger partial charge in [-0.3, -0.25) is 4.79 Å². The average Bonchev–Trinajstić information content (AvgIpc) is 3.35. The Kier molecular flexibility index (Phi) is 5.72. The molecule has 0 radical (unpaired) electrons. The summed E-state index contributed by atoms with van der Waals surface area (Å²) in [6.07, 6.45) is 8.41. The van der Waals surface area contributed by atoms with Crippen molar-refractivity contribution in [2.45, 2.75) is 43.4 Å². The van der Waals surface area contributed by atoms with Gasteiger partial charge in [-0.15, -0.1) is 0 Å². The fourth-order valence-electron chi connectivity index (χ4n) is 6.08. The first-order valence-corrected chi connectivity index (χ1v) is 11.7. The first kappa shape index (κ1) is 21.7. The van der Waals surface area contributed by atoms with Gasteiger partial charge in [0.25, 0.3) is 6.47 Å². The van der Waals surface area contributed by atoms with E-state index in [4.69, 9.17) is 4.74 Å². The van der Waals surface area contributed by atoms with E-state index in [9.17, 15) is 9.90 Å². The van der Waals surface area contributed by atoms with E-state index in [2.05, 4.69) is 17.0 Å². The number of ether oxygens (including phenoxy) is 1. The molecule has 3 atom stereocenters. The van der Waals surface area contributed by atoms with E-state index in [-0.39, 0.29) is 6.04 Å². The van der Waals surface area contributed by atoms with Crippen molar-refractivity contribution in [1.82, 2.24) is 9.97 Å². The smallest absolute Gasteiger partial charge is 0.293 e. The Balaban J connectivity index is 1.48. The molecule has 3 aromatic rings. The van der Waals surface area contributed by atoms with Crippen molar-refractivity contribution in [3.63, 3.8) is 0 Å². The summed E-state index contributed by atoms with van der Waals surface area (Å²) in [5, 5.41) is 12.4. The summed E-state index contributed by atoms with van der Waals surface area (Å²) in [4.78, 5) is 20.0. The Labute approximate surface area is 194 Å². The van der Waals surface area contributed by atoms with Gasteiger partial charge in [-0.25, -0.2) is 9.97 Å². The molecule has 0 spiro atoms. The lowest BCUT2D eigenvalue weighted by atomic mass is 9.81. The number of benzene rings is 2. The highest BCUT2D eigenvalue weighted by molar-refractivity contribution is 5.80. The number of nitrogens with zero attached hydrogens (tertiary/aromatic N) is 3. The third-order valence-corrected chi connectivity index (χ3v) is 7.65. The number of aromatic nitrogens is 2. The second-order valence-corrected chi connectivity index (χ2v) is 9.50. The second kappa shape index (κ2) is 8.69. The van der Waals surface area contributed by atoms with Gasteiger partial charge in [-0.05, 0) is 34.2 Å². The number of aliphatic hydroxyl groups is 1. The van der Waals surface area contributed by atoms with Crippen LogP contribution in [0.2, 0.25) is 0 Å². The van der Waals surface area contributed by atoms with Crippen molar-refractivity contribution in [2.24, 2.45) is 0 Å². The van der Waals surface area contributed by atoms with Crippen LogP contribution in [0.4, 0.5) is 0 Å². The topological polar surface area (TPSA) is 72.3 Å². The molecule has 1 aromatic heterocycles. The molecule has 1 aliphatic heterocycles. The number of likely N-dealkylation sites (N-methyl/N-ethyl adjacent to an activating group) is 1. The molecule has 1 fully saturated rings. The first-order valence-electron chi connectivity index (χ1n) is 11.7. The standard InChI is InChI=1S/C27H30N3O3/c1-30(14-6-8-20-16-28-18-29-17-20)15-7-13-25(30)26(33-19-31)27(32)23-11-4-2-9-21(23)22-10-3-5-12-24(22)27/h2-5,9-12,16-19,25-26,32H,6-8,13-15H2,1H3/q+1. The van der Waals surface area contributed by atoms with Crippen molar-refractivity contribution in [3.8, 4) is 11.1 Å². The number of hydrogen-bond donors (Lipinski definition) is 1. The normalized spacial score (nSPS) is 23.5. The number of quaternary nitrogens is 1. The van der Waals surface area contributed by atoms with E-state index in [0.717, 1.165) is 71.1 Å². The van der Waals surface area contributed by atoms with Crippen LogP contribution in [0, 0.1) is 0 Å². The minimum Gasteiger partial charge on any atom is -0.454 e. The third-order valence-electron chi connectivity index (χ3n) is 7.65. The number of rotatable bonds is 8. The van der Waals surface area contributed by atoms with Crippen molar-refractivity contribution >= 4 is 6.47 Å². The van der Waals surface area contributed by atoms with E-state index in [0.29, 0.717) is 6.47 Å². The van der Waals surface area contributed by atoms with Gasteiger partial charge in [0.15, 0.2) is 11.7 Å². The van der Waals surface area contributed by atoms with Gasteiger partial charge in [-0.2, -0.15) is 0 Å². The number of fused-ring (bicyclic) bond motifs is 3. The van der Waals surface area contributed by atoms with Crippen LogP contribution in [-0.2, 0) is 21.6 Å². The summed E-state index contributed by atoms with van der Waals surface area (Å²) in [7, 11) is 2.23. The van der Waals surface area contributed by atoms with Gasteiger partial charge >= 0.3 is 0 Å². The van der Waals surface area contributed by atoms with Gasteiger partial charge in [0.2, 0.25) is 0 Å². The molecular weight excluding hydrogens is 414 g/mol. The largest absolute Gasteiger partial charge is 0.454 e. The summed E-state index contributed by atoms with van der Waals surface area (Å²) in [6.45, 7) is 2.43. The van der Waals surface area contributed by atoms with Crippen LogP contribution >= 0.6 is 0 Å². The second-order valence-electron chi connectivity index (χ2n) is 9.50. The number of hydrogen-bond acceptors (Lipinski definition) is 5. The zero-order valence-corrected chi connectivity index (χ0v) is 18.9. The quantitative estimate of drug-likeness (QED) is 0.425. The fraction of sp³-hybridized carbons (Fsp3) is 0.370. The summed E-state index contributed by atoms with van der Waals surface area (Å²) in [6, 6.07) is 15.8. The van der Waals surface area contributed by atoms with Gasteiger partial charge in [-0.1, -0.05) is 48.5 Å². The molecular formula is C27H30N3O3+. The Morgan fingerprint density at radius 1 is 1.12 bits per heavy atom. The number of carbonyl (C=O) groups excluding carboxylic acids is 1. The van der Waals surface area contributed by atoms with Gasteiger partial charge in [0, 0.05) is 31.7 Å².